The van der Waals surface area contributed by atoms with Gasteiger partial charge in [-0.05, 0) is 13.8 Å². The zero-order chi connectivity index (χ0) is 18.8. The number of hydrogen-bond donors (Lipinski definition) is 2. The highest BCUT2D eigenvalue weighted by molar-refractivity contribution is 6.09. The van der Waals surface area contributed by atoms with Crippen LogP contribution in [0.5, 0.6) is 0 Å². The maximum absolute atomic E-state index is 12.3. The molecule has 0 aliphatic carbocycles. The summed E-state index contributed by atoms with van der Waals surface area (Å²) in [5, 5.41) is 24.3. The van der Waals surface area contributed by atoms with Crippen LogP contribution in [0.4, 0.5) is 5.69 Å². The van der Waals surface area contributed by atoms with Gasteiger partial charge in [0.2, 0.25) is 0 Å². The molecule has 0 aliphatic heterocycles. The van der Waals surface area contributed by atoms with Crippen molar-refractivity contribution in [3.63, 3.8) is 0 Å². The third kappa shape index (κ3) is 3.34. The van der Waals surface area contributed by atoms with Gasteiger partial charge in [0, 0.05) is 31.5 Å². The molecule has 0 aromatic carbocycles. The minimum atomic E-state index is -1.21. The second kappa shape index (κ2) is 6.82. The molecule has 1 amide bonds. The molecule has 0 spiro atoms. The first-order valence-corrected chi connectivity index (χ1v) is 8.01. The van der Waals surface area contributed by atoms with Gasteiger partial charge in [-0.15, -0.1) is 0 Å². The van der Waals surface area contributed by atoms with Crippen LogP contribution in [0.1, 0.15) is 39.0 Å². The number of aryl methyl sites for hydroxylation is 3. The number of nitrogens with zero attached hydrogens (tertiary/aromatic N) is 6. The van der Waals surface area contributed by atoms with Crippen molar-refractivity contribution in [2.45, 2.75) is 26.9 Å². The smallest absolute Gasteiger partial charge is 0.354 e. The van der Waals surface area contributed by atoms with Crippen LogP contribution < -0.4 is 5.32 Å². The highest BCUT2D eigenvalue weighted by atomic mass is 16.4. The molecule has 0 aliphatic rings. The van der Waals surface area contributed by atoms with Gasteiger partial charge >= 0.3 is 5.97 Å². The largest absolute Gasteiger partial charge is 0.477 e. The lowest BCUT2D eigenvalue weighted by Crippen LogP contribution is -2.16. The van der Waals surface area contributed by atoms with E-state index in [9.17, 15) is 14.7 Å². The number of anilines is 1. The summed E-state index contributed by atoms with van der Waals surface area (Å²) in [4.78, 5) is 23.6. The Bertz CT molecular complexity index is 967. The standard InChI is InChI=1S/C16H19N7O3/c1-4-22-7-11(10(2)20-22)8-23-9-12(5-18-23)19-15(24)13-6-17-21(3)14(13)16(25)26/h5-7,9H,4,8H2,1-3H3,(H,19,24)(H,25,26). The Hall–Kier alpha value is -3.43. The van der Waals surface area contributed by atoms with Crippen LogP contribution in [0, 0.1) is 6.92 Å². The minimum Gasteiger partial charge on any atom is -0.477 e. The SMILES string of the molecule is CCn1cc(Cn2cc(NC(=O)c3cnn(C)c3C(=O)O)cn2)c(C)n1. The number of amides is 1. The quantitative estimate of drug-likeness (QED) is 0.683. The van der Waals surface area contributed by atoms with Crippen LogP contribution in [-0.4, -0.2) is 46.3 Å². The monoisotopic (exact) mass is 357 g/mol. The number of aromatic carboxylic acids is 1. The zero-order valence-electron chi connectivity index (χ0n) is 14.7. The second-order valence-electron chi connectivity index (χ2n) is 5.81. The molecule has 0 atom stereocenters. The molecule has 26 heavy (non-hydrogen) atoms. The van der Waals surface area contributed by atoms with E-state index in [1.165, 1.54) is 19.4 Å². The minimum absolute atomic E-state index is 0.00665. The number of nitrogens with one attached hydrogen (secondary N) is 1. The summed E-state index contributed by atoms with van der Waals surface area (Å²) in [5.74, 6) is -1.76. The number of rotatable bonds is 6. The normalized spacial score (nSPS) is 10.9. The number of carbonyl (C=O) groups excluding carboxylic acids is 1. The van der Waals surface area contributed by atoms with Crippen molar-refractivity contribution in [1.82, 2.24) is 29.3 Å². The van der Waals surface area contributed by atoms with Crippen molar-refractivity contribution in [1.29, 1.82) is 0 Å². The molecule has 136 valence electrons. The first-order valence-electron chi connectivity index (χ1n) is 8.01. The van der Waals surface area contributed by atoms with Gasteiger partial charge in [0.05, 0.1) is 35.9 Å². The summed E-state index contributed by atoms with van der Waals surface area (Å²) in [6.45, 7) is 5.26. The summed E-state index contributed by atoms with van der Waals surface area (Å²) < 4.78 is 4.68. The Labute approximate surface area is 149 Å². The van der Waals surface area contributed by atoms with Crippen molar-refractivity contribution in [2.24, 2.45) is 7.05 Å². The van der Waals surface area contributed by atoms with Crippen LogP contribution >= 0.6 is 0 Å². The van der Waals surface area contributed by atoms with Crippen molar-refractivity contribution in [2.75, 3.05) is 5.32 Å². The lowest BCUT2D eigenvalue weighted by Gasteiger charge is -2.02. The number of carbonyl (C=O) groups is 2. The van der Waals surface area contributed by atoms with Crippen LogP contribution in [0.25, 0.3) is 0 Å². The third-order valence-electron chi connectivity index (χ3n) is 3.98. The van der Waals surface area contributed by atoms with Crippen molar-refractivity contribution in [3.8, 4) is 0 Å². The summed E-state index contributed by atoms with van der Waals surface area (Å²) in [7, 11) is 1.47. The summed E-state index contributed by atoms with van der Waals surface area (Å²) in [5.41, 5.74) is 2.25. The molecular weight excluding hydrogens is 338 g/mol. The van der Waals surface area contributed by atoms with Gasteiger partial charge in [-0.3, -0.25) is 18.8 Å². The van der Waals surface area contributed by atoms with Gasteiger partial charge in [0.25, 0.3) is 5.91 Å². The van der Waals surface area contributed by atoms with Crippen LogP contribution in [0.15, 0.2) is 24.8 Å². The Morgan fingerprint density at radius 1 is 1.19 bits per heavy atom. The summed E-state index contributed by atoms with van der Waals surface area (Å²) >= 11 is 0. The average molecular weight is 357 g/mol. The van der Waals surface area contributed by atoms with Gasteiger partial charge in [-0.25, -0.2) is 4.79 Å². The fourth-order valence-electron chi connectivity index (χ4n) is 2.62. The van der Waals surface area contributed by atoms with E-state index in [1.54, 1.807) is 10.9 Å². The van der Waals surface area contributed by atoms with E-state index in [1.807, 2.05) is 24.7 Å². The topological polar surface area (TPSA) is 120 Å². The molecule has 0 bridgehead atoms. The molecule has 3 heterocycles. The molecule has 0 fully saturated rings. The molecule has 0 saturated heterocycles. The van der Waals surface area contributed by atoms with E-state index in [-0.39, 0.29) is 11.3 Å². The van der Waals surface area contributed by atoms with E-state index in [4.69, 9.17) is 0 Å². The third-order valence-corrected chi connectivity index (χ3v) is 3.98. The first kappa shape index (κ1) is 17.4. The highest BCUT2D eigenvalue weighted by Crippen LogP contribution is 2.14. The molecule has 3 aromatic heterocycles. The fraction of sp³-hybridized carbons (Fsp3) is 0.312. The van der Waals surface area contributed by atoms with Gasteiger partial charge < -0.3 is 10.4 Å². The molecule has 3 rings (SSSR count). The molecule has 2 N–H and O–H groups in total. The number of carboxylic acid groups (broad SMARTS) is 1. The fourth-order valence-corrected chi connectivity index (χ4v) is 2.62. The van der Waals surface area contributed by atoms with Crippen molar-refractivity contribution in [3.05, 3.63) is 47.3 Å². The van der Waals surface area contributed by atoms with Crippen molar-refractivity contribution >= 4 is 17.6 Å². The molecule has 0 saturated carbocycles. The van der Waals surface area contributed by atoms with Gasteiger partial charge in [-0.2, -0.15) is 15.3 Å². The first-order chi connectivity index (χ1) is 12.4. The predicted molar refractivity (Wildman–Crippen MR) is 92.1 cm³/mol. The number of aromatic nitrogens is 6. The Kier molecular flexibility index (Phi) is 4.57. The molecule has 10 nitrogen and oxygen atoms in total. The van der Waals surface area contributed by atoms with E-state index >= 15 is 0 Å². The predicted octanol–water partition coefficient (Wildman–Crippen LogP) is 1.14. The summed E-state index contributed by atoms with van der Waals surface area (Å²) in [6.07, 6.45) is 6.38. The van der Waals surface area contributed by atoms with E-state index in [0.29, 0.717) is 12.2 Å². The number of hydrogen-bond acceptors (Lipinski definition) is 5. The van der Waals surface area contributed by atoms with Gasteiger partial charge in [0.15, 0.2) is 5.69 Å². The maximum Gasteiger partial charge on any atom is 0.354 e. The Morgan fingerprint density at radius 3 is 2.62 bits per heavy atom. The Morgan fingerprint density at radius 2 is 1.96 bits per heavy atom. The molecule has 0 radical (unpaired) electrons. The highest BCUT2D eigenvalue weighted by Gasteiger charge is 2.21. The molecule has 3 aromatic rings. The lowest BCUT2D eigenvalue weighted by atomic mass is 10.2. The van der Waals surface area contributed by atoms with Crippen LogP contribution in [0.3, 0.4) is 0 Å². The van der Waals surface area contributed by atoms with Crippen molar-refractivity contribution < 1.29 is 14.7 Å². The summed E-state index contributed by atoms with van der Waals surface area (Å²) in [6, 6.07) is 0. The van der Waals surface area contributed by atoms with E-state index < -0.39 is 11.9 Å². The zero-order valence-corrected chi connectivity index (χ0v) is 14.7. The number of carboxylic acids is 1. The molecule has 0 unspecified atom stereocenters. The van der Waals surface area contributed by atoms with E-state index in [2.05, 4.69) is 20.6 Å². The second-order valence-corrected chi connectivity index (χ2v) is 5.81. The molecular formula is C16H19N7O3. The molecule has 10 heteroatoms. The maximum atomic E-state index is 12.3. The van der Waals surface area contributed by atoms with Gasteiger partial charge in [-0.1, -0.05) is 0 Å². The van der Waals surface area contributed by atoms with Gasteiger partial charge in [0.1, 0.15) is 0 Å². The van der Waals surface area contributed by atoms with E-state index in [0.717, 1.165) is 22.5 Å². The lowest BCUT2D eigenvalue weighted by molar-refractivity contribution is 0.0680. The van der Waals surface area contributed by atoms with Crippen LogP contribution in [-0.2, 0) is 20.1 Å². The van der Waals surface area contributed by atoms with Crippen LogP contribution in [0.2, 0.25) is 0 Å². The Balaban J connectivity index is 1.73. The average Bonchev–Trinajstić information content (AvgIpc) is 3.27.